The van der Waals surface area contributed by atoms with Crippen molar-refractivity contribution in [2.45, 2.75) is 50.2 Å². The Labute approximate surface area is 220 Å². The molecular formula is C26H26FN2NaO4. The monoisotopic (exact) mass is 472 g/mol. The summed E-state index contributed by atoms with van der Waals surface area (Å²) in [4.78, 5) is 10.7. The van der Waals surface area contributed by atoms with Crippen LogP contribution in [-0.4, -0.2) is 38.2 Å². The van der Waals surface area contributed by atoms with Gasteiger partial charge in [-0.2, -0.15) is 5.10 Å². The number of benzene rings is 2. The van der Waals surface area contributed by atoms with Crippen molar-refractivity contribution in [3.8, 4) is 5.69 Å². The van der Waals surface area contributed by atoms with Gasteiger partial charge >= 0.3 is 29.6 Å². The molecule has 0 saturated heterocycles. The Bertz CT molecular complexity index is 1130. The van der Waals surface area contributed by atoms with E-state index >= 15 is 0 Å². The number of carboxylic acid groups (broad SMARTS) is 1. The van der Waals surface area contributed by atoms with E-state index < -0.39 is 24.6 Å². The van der Waals surface area contributed by atoms with E-state index in [4.69, 9.17) is 5.10 Å². The number of carbonyl (C=O) groups is 1. The molecule has 172 valence electrons. The largest absolute Gasteiger partial charge is 1.00 e. The fourth-order valence-electron chi connectivity index (χ4n) is 4.43. The molecule has 0 fully saturated rings. The van der Waals surface area contributed by atoms with E-state index in [-0.39, 0.29) is 47.7 Å². The minimum atomic E-state index is -1.37. The first-order valence-electron chi connectivity index (χ1n) is 11.1. The molecule has 0 radical (unpaired) electrons. The zero-order valence-electron chi connectivity index (χ0n) is 19.1. The van der Waals surface area contributed by atoms with Crippen molar-refractivity contribution in [3.05, 3.63) is 89.0 Å². The number of rotatable bonds is 8. The Balaban J connectivity index is 0.00000324. The van der Waals surface area contributed by atoms with Crippen LogP contribution in [0.5, 0.6) is 0 Å². The molecule has 3 aromatic rings. The number of halogens is 1. The van der Waals surface area contributed by atoms with Gasteiger partial charge in [0.05, 0.1) is 29.3 Å². The Morgan fingerprint density at radius 2 is 1.88 bits per heavy atom. The number of aliphatic carboxylic acids is 1. The van der Waals surface area contributed by atoms with Crippen LogP contribution in [0, 0.1) is 5.82 Å². The van der Waals surface area contributed by atoms with Gasteiger partial charge in [-0.05, 0) is 55.2 Å². The third kappa shape index (κ3) is 6.23. The molecule has 8 heteroatoms. The molecule has 2 N–H and O–H groups in total. The maximum absolute atomic E-state index is 13.5. The Kier molecular flexibility index (Phi) is 9.22. The van der Waals surface area contributed by atoms with Gasteiger partial charge in [0, 0.05) is 30.3 Å². The summed E-state index contributed by atoms with van der Waals surface area (Å²) >= 11 is 0. The van der Waals surface area contributed by atoms with Crippen LogP contribution in [0.15, 0.2) is 60.7 Å². The summed E-state index contributed by atoms with van der Waals surface area (Å²) in [5, 5.41) is 35.7. The quantitative estimate of drug-likeness (QED) is 0.441. The van der Waals surface area contributed by atoms with E-state index in [0.717, 1.165) is 36.2 Å². The van der Waals surface area contributed by atoms with Crippen molar-refractivity contribution >= 4 is 12.0 Å². The van der Waals surface area contributed by atoms with Gasteiger partial charge in [-0.3, -0.25) is 0 Å². The molecule has 1 aromatic heterocycles. The number of aliphatic hydroxyl groups excluding tert-OH is 2. The van der Waals surface area contributed by atoms with Gasteiger partial charge in [-0.15, -0.1) is 0 Å². The smallest absolute Gasteiger partial charge is 0.550 e. The van der Waals surface area contributed by atoms with Crippen LogP contribution in [-0.2, 0) is 11.2 Å². The fourth-order valence-corrected chi connectivity index (χ4v) is 4.43. The van der Waals surface area contributed by atoms with Crippen molar-refractivity contribution in [1.29, 1.82) is 0 Å². The van der Waals surface area contributed by atoms with Gasteiger partial charge in [-0.1, -0.05) is 36.4 Å². The average molecular weight is 472 g/mol. The number of hydrogen-bond acceptors (Lipinski definition) is 5. The van der Waals surface area contributed by atoms with Gasteiger partial charge in [0.15, 0.2) is 0 Å². The van der Waals surface area contributed by atoms with E-state index in [9.17, 15) is 24.5 Å². The van der Waals surface area contributed by atoms with Crippen LogP contribution in [0.2, 0.25) is 0 Å². The molecule has 2 aromatic carbocycles. The number of hydrogen-bond donors (Lipinski definition) is 2. The summed E-state index contributed by atoms with van der Waals surface area (Å²) in [6.45, 7) is 0. The second kappa shape index (κ2) is 11.9. The van der Waals surface area contributed by atoms with Gasteiger partial charge in [0.25, 0.3) is 0 Å². The topological polar surface area (TPSA) is 98.4 Å². The molecule has 0 amide bonds. The standard InChI is InChI=1S/C26H27FN2O4.Na/c27-18-9-11-19(12-10-18)29-24(14-13-20(30)15-21(31)16-25(32)33)23-8-4-7-22(26(23)28-29)17-5-2-1-3-6-17;/h1-3,5-6,9-14,20-22,30-31H,4,7-8,15-16H2,(H,32,33);/q;+1/p-1/b14-13+;/t20-,21-,22?;/m0./s1. The van der Waals surface area contributed by atoms with Gasteiger partial charge in [-0.25, -0.2) is 9.07 Å². The van der Waals surface area contributed by atoms with E-state index in [1.54, 1.807) is 22.9 Å². The molecule has 0 saturated carbocycles. The fraction of sp³-hybridized carbons (Fsp3) is 0.308. The first-order chi connectivity index (χ1) is 15.9. The number of aliphatic hydroxyl groups is 2. The number of carboxylic acids is 1. The zero-order chi connectivity index (χ0) is 23.4. The third-order valence-electron chi connectivity index (χ3n) is 5.97. The summed E-state index contributed by atoms with van der Waals surface area (Å²) in [5.74, 6) is -1.57. The number of carbonyl (C=O) groups excluding carboxylic acids is 1. The Hall–Kier alpha value is -2.29. The maximum Gasteiger partial charge on any atom is 1.00 e. The predicted octanol–water partition coefficient (Wildman–Crippen LogP) is -0.251. The second-order valence-electron chi connectivity index (χ2n) is 8.38. The summed E-state index contributed by atoms with van der Waals surface area (Å²) in [5.41, 5.74) is 4.69. The van der Waals surface area contributed by atoms with Crippen molar-refractivity contribution in [3.63, 3.8) is 0 Å². The molecule has 3 atom stereocenters. The number of aromatic nitrogens is 2. The molecule has 0 bridgehead atoms. The summed E-state index contributed by atoms with van der Waals surface area (Å²) in [7, 11) is 0. The van der Waals surface area contributed by atoms with Gasteiger partial charge < -0.3 is 20.1 Å². The zero-order valence-corrected chi connectivity index (χ0v) is 21.1. The maximum atomic E-state index is 13.5. The van der Waals surface area contributed by atoms with Crippen LogP contribution < -0.4 is 34.7 Å². The van der Waals surface area contributed by atoms with Crippen molar-refractivity contribution in [1.82, 2.24) is 9.78 Å². The number of nitrogens with zero attached hydrogens (tertiary/aromatic N) is 2. The SMILES string of the molecule is O=C([O-])C[C@@H](O)C[C@@H](O)/C=C/c1c2c(nn1-c1ccc(F)cc1)C(c1ccccc1)CCC2.[Na+]. The second-order valence-corrected chi connectivity index (χ2v) is 8.38. The number of fused-ring (bicyclic) bond motifs is 1. The van der Waals surface area contributed by atoms with Gasteiger partial charge in [0.2, 0.25) is 0 Å². The van der Waals surface area contributed by atoms with Gasteiger partial charge in [0.1, 0.15) is 5.82 Å². The molecule has 4 rings (SSSR count). The van der Waals surface area contributed by atoms with Crippen LogP contribution in [0.25, 0.3) is 11.8 Å². The molecule has 1 heterocycles. The molecule has 0 aliphatic heterocycles. The van der Waals surface area contributed by atoms with E-state index in [0.29, 0.717) is 5.69 Å². The van der Waals surface area contributed by atoms with E-state index in [1.807, 2.05) is 18.2 Å². The van der Waals surface area contributed by atoms with Crippen molar-refractivity contribution < 1.29 is 54.1 Å². The van der Waals surface area contributed by atoms with E-state index in [1.165, 1.54) is 23.8 Å². The molecule has 0 spiro atoms. The minimum absolute atomic E-state index is 0. The average Bonchev–Trinajstić information content (AvgIpc) is 3.17. The van der Waals surface area contributed by atoms with Crippen LogP contribution >= 0.6 is 0 Å². The van der Waals surface area contributed by atoms with Crippen LogP contribution in [0.1, 0.15) is 54.1 Å². The molecule has 1 aliphatic carbocycles. The van der Waals surface area contributed by atoms with Crippen LogP contribution in [0.3, 0.4) is 0 Å². The normalized spacial score (nSPS) is 17.1. The first-order valence-corrected chi connectivity index (χ1v) is 11.1. The summed E-state index contributed by atoms with van der Waals surface area (Å²) in [6.07, 6.45) is 3.15. The van der Waals surface area contributed by atoms with E-state index in [2.05, 4.69) is 12.1 Å². The molecular weight excluding hydrogens is 446 g/mol. The summed E-state index contributed by atoms with van der Waals surface area (Å²) < 4.78 is 15.3. The minimum Gasteiger partial charge on any atom is -0.550 e. The molecule has 34 heavy (non-hydrogen) atoms. The molecule has 1 aliphatic rings. The summed E-state index contributed by atoms with van der Waals surface area (Å²) in [6, 6.07) is 16.3. The Morgan fingerprint density at radius 1 is 1.18 bits per heavy atom. The van der Waals surface area contributed by atoms with Crippen LogP contribution in [0.4, 0.5) is 4.39 Å². The molecule has 6 nitrogen and oxygen atoms in total. The third-order valence-corrected chi connectivity index (χ3v) is 5.97. The predicted molar refractivity (Wildman–Crippen MR) is 120 cm³/mol. The van der Waals surface area contributed by atoms with Crippen molar-refractivity contribution in [2.24, 2.45) is 0 Å². The first kappa shape index (κ1) is 26.3. The van der Waals surface area contributed by atoms with Crippen molar-refractivity contribution in [2.75, 3.05) is 0 Å². The Morgan fingerprint density at radius 3 is 2.56 bits per heavy atom. The molecule has 1 unspecified atom stereocenters.